The zero-order chi connectivity index (χ0) is 11.5. The summed E-state index contributed by atoms with van der Waals surface area (Å²) in [5, 5.41) is 8.34. The highest BCUT2D eigenvalue weighted by atomic mass is 16.5. The molecular weight excluding hydrogens is 206 g/mol. The number of para-hydroxylation sites is 1. The number of benzene rings is 1. The molecule has 1 N–H and O–H groups in total. The maximum Gasteiger partial charge on any atom is 0.349 e. The molecule has 0 aliphatic rings. The van der Waals surface area contributed by atoms with Crippen LogP contribution in [0.1, 0.15) is 12.5 Å². The van der Waals surface area contributed by atoms with Gasteiger partial charge in [0.15, 0.2) is 0 Å². The molecule has 0 radical (unpaired) electrons. The van der Waals surface area contributed by atoms with Crippen LogP contribution in [0.25, 0.3) is 11.0 Å². The van der Waals surface area contributed by atoms with E-state index in [0.717, 1.165) is 5.39 Å². The highest BCUT2D eigenvalue weighted by Crippen LogP contribution is 2.12. The molecule has 0 spiro atoms. The third-order valence-electron chi connectivity index (χ3n) is 2.17. The van der Waals surface area contributed by atoms with Crippen LogP contribution >= 0.6 is 0 Å². The molecule has 0 fully saturated rings. The third-order valence-corrected chi connectivity index (χ3v) is 2.17. The lowest BCUT2D eigenvalue weighted by molar-refractivity contribution is 0.324. The van der Waals surface area contributed by atoms with Gasteiger partial charge < -0.3 is 9.15 Å². The Hall–Kier alpha value is -2.10. The predicted octanol–water partition coefficient (Wildman–Crippen LogP) is 2.15. The van der Waals surface area contributed by atoms with Crippen molar-refractivity contribution in [2.45, 2.75) is 6.92 Å². The molecule has 0 aliphatic heterocycles. The van der Waals surface area contributed by atoms with E-state index in [2.05, 4.69) is 0 Å². The summed E-state index contributed by atoms with van der Waals surface area (Å²) >= 11 is 0. The monoisotopic (exact) mass is 217 g/mol. The highest BCUT2D eigenvalue weighted by Gasteiger charge is 2.10. The van der Waals surface area contributed by atoms with Gasteiger partial charge in [-0.2, -0.15) is 0 Å². The van der Waals surface area contributed by atoms with Gasteiger partial charge in [0.05, 0.1) is 6.61 Å². The number of hydrogen-bond acceptors (Lipinski definition) is 4. The van der Waals surface area contributed by atoms with E-state index in [0.29, 0.717) is 12.2 Å². The number of nitrogens with one attached hydrogen (secondary N) is 1. The predicted molar refractivity (Wildman–Crippen MR) is 60.9 cm³/mol. The van der Waals surface area contributed by atoms with Crippen LogP contribution in [0.3, 0.4) is 0 Å². The molecule has 2 aromatic rings. The van der Waals surface area contributed by atoms with Crippen LogP contribution in [0.5, 0.6) is 0 Å². The molecule has 1 heterocycles. The van der Waals surface area contributed by atoms with Crippen LogP contribution in [0.4, 0.5) is 0 Å². The molecule has 0 bridgehead atoms. The highest BCUT2D eigenvalue weighted by molar-refractivity contribution is 5.94. The molecular formula is C12H11NO3. The van der Waals surface area contributed by atoms with Crippen molar-refractivity contribution in [1.29, 1.82) is 5.41 Å². The zero-order valence-electron chi connectivity index (χ0n) is 8.82. The lowest BCUT2D eigenvalue weighted by atomic mass is 10.2. The fraction of sp³-hybridized carbons (Fsp3) is 0.167. The molecule has 0 amide bonds. The molecule has 82 valence electrons. The minimum Gasteiger partial charge on any atom is -0.478 e. The fourth-order valence-corrected chi connectivity index (χ4v) is 1.44. The van der Waals surface area contributed by atoms with Crippen molar-refractivity contribution < 1.29 is 9.15 Å². The number of ether oxygens (including phenoxy) is 1. The Morgan fingerprint density at radius 2 is 2.19 bits per heavy atom. The summed E-state index contributed by atoms with van der Waals surface area (Å²) < 4.78 is 10.1. The smallest absolute Gasteiger partial charge is 0.349 e. The molecule has 0 saturated carbocycles. The van der Waals surface area contributed by atoms with E-state index in [9.17, 15) is 4.79 Å². The van der Waals surface area contributed by atoms with Crippen molar-refractivity contribution in [2.24, 2.45) is 0 Å². The van der Waals surface area contributed by atoms with E-state index < -0.39 is 5.63 Å². The summed E-state index contributed by atoms with van der Waals surface area (Å²) in [6, 6.07) is 8.78. The third kappa shape index (κ3) is 1.82. The van der Waals surface area contributed by atoms with Crippen LogP contribution < -0.4 is 5.63 Å². The summed E-state index contributed by atoms with van der Waals surface area (Å²) in [7, 11) is 0. The van der Waals surface area contributed by atoms with Gasteiger partial charge in [-0.05, 0) is 19.1 Å². The van der Waals surface area contributed by atoms with Crippen molar-refractivity contribution >= 4 is 16.9 Å². The van der Waals surface area contributed by atoms with Crippen LogP contribution in [-0.2, 0) is 4.74 Å². The minimum absolute atomic E-state index is 0.151. The molecule has 1 aromatic heterocycles. The van der Waals surface area contributed by atoms with Gasteiger partial charge >= 0.3 is 5.63 Å². The first-order chi connectivity index (χ1) is 7.72. The summed E-state index contributed by atoms with van der Waals surface area (Å²) in [6.45, 7) is 2.11. The van der Waals surface area contributed by atoms with E-state index in [1.54, 1.807) is 25.1 Å². The summed E-state index contributed by atoms with van der Waals surface area (Å²) in [6.07, 6.45) is 0. The normalized spacial score (nSPS) is 10.3. The summed E-state index contributed by atoms with van der Waals surface area (Å²) in [5.74, 6) is -0.151. The first-order valence-electron chi connectivity index (χ1n) is 4.97. The van der Waals surface area contributed by atoms with Gasteiger partial charge in [-0.3, -0.25) is 5.41 Å². The zero-order valence-corrected chi connectivity index (χ0v) is 8.82. The fourth-order valence-electron chi connectivity index (χ4n) is 1.44. The summed E-state index contributed by atoms with van der Waals surface area (Å²) in [5.41, 5.74) is 0.123. The van der Waals surface area contributed by atoms with E-state index in [1.165, 1.54) is 0 Å². The Morgan fingerprint density at radius 1 is 1.44 bits per heavy atom. The van der Waals surface area contributed by atoms with Gasteiger partial charge in [0.1, 0.15) is 11.1 Å². The van der Waals surface area contributed by atoms with Crippen molar-refractivity contribution in [3.8, 4) is 0 Å². The van der Waals surface area contributed by atoms with Crippen LogP contribution in [-0.4, -0.2) is 12.5 Å². The molecule has 2 rings (SSSR count). The molecule has 0 aliphatic carbocycles. The standard InChI is InChI=1S/C12H11NO3/c1-2-15-11(13)9-7-8-5-3-4-6-10(8)16-12(9)14/h3-7,13H,2H2,1H3. The second-order valence-corrected chi connectivity index (χ2v) is 3.25. The number of fused-ring (bicyclic) bond motifs is 1. The van der Waals surface area contributed by atoms with E-state index in [-0.39, 0.29) is 11.5 Å². The second-order valence-electron chi connectivity index (χ2n) is 3.25. The Labute approximate surface area is 92.0 Å². The molecule has 0 atom stereocenters. The van der Waals surface area contributed by atoms with Gasteiger partial charge in [-0.15, -0.1) is 0 Å². The van der Waals surface area contributed by atoms with Crippen LogP contribution in [0.2, 0.25) is 0 Å². The van der Waals surface area contributed by atoms with Gasteiger partial charge in [-0.1, -0.05) is 18.2 Å². The Kier molecular flexibility index (Phi) is 2.72. The van der Waals surface area contributed by atoms with Gasteiger partial charge in [-0.25, -0.2) is 4.79 Å². The first kappa shape index (κ1) is 10.4. The molecule has 1 aromatic carbocycles. The molecule has 4 heteroatoms. The molecule has 0 unspecified atom stereocenters. The molecule has 0 saturated heterocycles. The number of hydrogen-bond donors (Lipinski definition) is 1. The summed E-state index contributed by atoms with van der Waals surface area (Å²) in [4.78, 5) is 11.6. The average molecular weight is 217 g/mol. The maximum absolute atomic E-state index is 11.6. The second kappa shape index (κ2) is 4.18. The largest absolute Gasteiger partial charge is 0.478 e. The van der Waals surface area contributed by atoms with Gasteiger partial charge in [0, 0.05) is 5.39 Å². The van der Waals surface area contributed by atoms with Gasteiger partial charge in [0.25, 0.3) is 0 Å². The van der Waals surface area contributed by atoms with Crippen molar-refractivity contribution in [2.75, 3.05) is 6.61 Å². The Bertz CT molecular complexity index is 586. The Morgan fingerprint density at radius 3 is 2.94 bits per heavy atom. The Balaban J connectivity index is 2.58. The maximum atomic E-state index is 11.6. The van der Waals surface area contributed by atoms with Crippen molar-refractivity contribution in [3.63, 3.8) is 0 Å². The van der Waals surface area contributed by atoms with Crippen molar-refractivity contribution in [1.82, 2.24) is 0 Å². The van der Waals surface area contributed by atoms with E-state index >= 15 is 0 Å². The lowest BCUT2D eigenvalue weighted by Crippen LogP contribution is -2.16. The lowest BCUT2D eigenvalue weighted by Gasteiger charge is -2.04. The van der Waals surface area contributed by atoms with Crippen LogP contribution in [0.15, 0.2) is 39.5 Å². The van der Waals surface area contributed by atoms with E-state index in [1.807, 2.05) is 12.1 Å². The van der Waals surface area contributed by atoms with Gasteiger partial charge in [0.2, 0.25) is 5.90 Å². The SMILES string of the molecule is CCOC(=N)c1cc2ccccc2oc1=O. The van der Waals surface area contributed by atoms with Crippen LogP contribution in [0, 0.1) is 5.41 Å². The minimum atomic E-state index is -0.544. The topological polar surface area (TPSA) is 63.3 Å². The molecule has 4 nitrogen and oxygen atoms in total. The average Bonchev–Trinajstić information content (AvgIpc) is 2.28. The number of rotatable bonds is 2. The van der Waals surface area contributed by atoms with Crippen molar-refractivity contribution in [3.05, 3.63) is 46.3 Å². The van der Waals surface area contributed by atoms with E-state index in [4.69, 9.17) is 14.6 Å². The first-order valence-corrected chi connectivity index (χ1v) is 4.97. The quantitative estimate of drug-likeness (QED) is 0.476. The molecule has 16 heavy (non-hydrogen) atoms.